The number of rotatable bonds is 0. The molecule has 2 nitrogen and oxygen atoms in total. The molecule has 1 aromatic heterocycles. The van der Waals surface area contributed by atoms with Gasteiger partial charge in [-0.05, 0) is 12.1 Å². The van der Waals surface area contributed by atoms with Gasteiger partial charge in [-0.15, -0.1) is 24.0 Å². The zero-order valence-corrected chi connectivity index (χ0v) is 6.57. The van der Waals surface area contributed by atoms with Crippen molar-refractivity contribution in [2.45, 2.75) is 0 Å². The summed E-state index contributed by atoms with van der Waals surface area (Å²) in [6.07, 6.45) is 3.32. The molecule has 0 unspecified atom stereocenters. The van der Waals surface area contributed by atoms with Gasteiger partial charge >= 0.3 is 0 Å². The molecule has 1 heterocycles. The zero-order chi connectivity index (χ0) is 5.11. The van der Waals surface area contributed by atoms with Crippen LogP contribution in [0.5, 0.6) is 0 Å². The van der Waals surface area contributed by atoms with Crippen molar-refractivity contribution in [3.63, 3.8) is 0 Å². The predicted octanol–water partition coefficient (Wildman–Crippen LogP) is 1.28. The summed E-state index contributed by atoms with van der Waals surface area (Å²) in [5.74, 6) is 0. The van der Waals surface area contributed by atoms with Crippen LogP contribution in [0.1, 0.15) is 0 Å². The number of nitrogens with two attached hydrogens (primary N) is 1. The van der Waals surface area contributed by atoms with E-state index in [1.54, 1.807) is 24.5 Å². The lowest BCUT2D eigenvalue weighted by Crippen LogP contribution is -1.81. The molecule has 0 atom stereocenters. The number of nitrogen functional groups attached to an aromatic ring is 1. The molecule has 3 heteroatoms. The highest BCUT2D eigenvalue weighted by Gasteiger charge is 1.73. The van der Waals surface area contributed by atoms with Crippen molar-refractivity contribution < 1.29 is 0 Å². The van der Waals surface area contributed by atoms with E-state index in [-0.39, 0.29) is 24.0 Å². The van der Waals surface area contributed by atoms with Gasteiger partial charge in [0.25, 0.3) is 0 Å². The molecule has 0 bridgehead atoms. The third kappa shape index (κ3) is 2.11. The minimum Gasteiger partial charge on any atom is -0.399 e. The fourth-order valence-corrected chi connectivity index (χ4v) is 0.363. The van der Waals surface area contributed by atoms with Crippen molar-refractivity contribution >= 4 is 29.7 Å². The molecule has 0 spiro atoms. The molecule has 0 aliphatic rings. The molecule has 0 aromatic carbocycles. The molecule has 0 radical (unpaired) electrons. The largest absolute Gasteiger partial charge is 0.399 e. The second-order valence-electron chi connectivity index (χ2n) is 1.28. The van der Waals surface area contributed by atoms with Crippen LogP contribution in [0.15, 0.2) is 24.5 Å². The third-order valence-electron chi connectivity index (χ3n) is 0.706. The van der Waals surface area contributed by atoms with Crippen LogP contribution in [0.4, 0.5) is 5.69 Å². The van der Waals surface area contributed by atoms with E-state index in [1.165, 1.54) is 0 Å². The predicted molar refractivity (Wildman–Crippen MR) is 44.1 cm³/mol. The molecule has 1 aromatic rings. The summed E-state index contributed by atoms with van der Waals surface area (Å²) < 4.78 is 0. The SMILES string of the molecule is I.Nc1ccncc1. The number of nitrogens with zero attached hydrogens (tertiary/aromatic N) is 1. The van der Waals surface area contributed by atoms with E-state index in [1.807, 2.05) is 0 Å². The van der Waals surface area contributed by atoms with Gasteiger partial charge in [0.2, 0.25) is 0 Å². The summed E-state index contributed by atoms with van der Waals surface area (Å²) >= 11 is 0. The molecule has 0 fully saturated rings. The van der Waals surface area contributed by atoms with Gasteiger partial charge in [0.15, 0.2) is 0 Å². The lowest BCUT2D eigenvalue weighted by atomic mass is 10.4. The highest BCUT2D eigenvalue weighted by molar-refractivity contribution is 14.0. The van der Waals surface area contributed by atoms with Crippen LogP contribution in [0.3, 0.4) is 0 Å². The average molecular weight is 222 g/mol. The standard InChI is InChI=1S/C5H6N2.HI/c6-5-1-3-7-4-2-5;/h1-4H,(H2,6,7);1H. The Bertz CT molecular complexity index is 140. The molecule has 44 valence electrons. The van der Waals surface area contributed by atoms with E-state index in [4.69, 9.17) is 5.73 Å². The maximum atomic E-state index is 5.32. The van der Waals surface area contributed by atoms with Crippen LogP contribution in [0, 0.1) is 0 Å². The summed E-state index contributed by atoms with van der Waals surface area (Å²) in [7, 11) is 0. The molecule has 0 amide bonds. The number of aromatic nitrogens is 1. The van der Waals surface area contributed by atoms with Crippen molar-refractivity contribution in [3.05, 3.63) is 24.5 Å². The van der Waals surface area contributed by atoms with E-state index in [2.05, 4.69) is 4.98 Å². The summed E-state index contributed by atoms with van der Waals surface area (Å²) in [5, 5.41) is 0. The molecular formula is C5H7IN2. The lowest BCUT2D eigenvalue weighted by molar-refractivity contribution is 1.33. The van der Waals surface area contributed by atoms with E-state index in [9.17, 15) is 0 Å². The molecule has 8 heavy (non-hydrogen) atoms. The Morgan fingerprint density at radius 3 is 2.00 bits per heavy atom. The second-order valence-corrected chi connectivity index (χ2v) is 1.28. The lowest BCUT2D eigenvalue weighted by Gasteiger charge is -1.83. The van der Waals surface area contributed by atoms with E-state index in [0.29, 0.717) is 0 Å². The molecule has 0 saturated heterocycles. The zero-order valence-electron chi connectivity index (χ0n) is 4.24. The Labute approximate surface area is 65.1 Å². The van der Waals surface area contributed by atoms with Gasteiger partial charge in [0, 0.05) is 18.1 Å². The Kier molecular flexibility index (Phi) is 3.51. The van der Waals surface area contributed by atoms with Crippen molar-refractivity contribution in [1.82, 2.24) is 4.98 Å². The van der Waals surface area contributed by atoms with Crippen LogP contribution in [-0.2, 0) is 0 Å². The fraction of sp³-hybridized carbons (Fsp3) is 0. The van der Waals surface area contributed by atoms with Gasteiger partial charge < -0.3 is 5.73 Å². The number of hydrogen-bond donors (Lipinski definition) is 1. The normalized spacial score (nSPS) is 7.50. The average Bonchev–Trinajstić information content (AvgIpc) is 1.69. The molecule has 1 rings (SSSR count). The molecular weight excluding hydrogens is 215 g/mol. The highest BCUT2D eigenvalue weighted by Crippen LogP contribution is 1.92. The number of halogens is 1. The summed E-state index contributed by atoms with van der Waals surface area (Å²) in [6.45, 7) is 0. The first kappa shape index (κ1) is 7.68. The van der Waals surface area contributed by atoms with Crippen LogP contribution >= 0.6 is 24.0 Å². The van der Waals surface area contributed by atoms with Crippen molar-refractivity contribution in [1.29, 1.82) is 0 Å². The number of anilines is 1. The van der Waals surface area contributed by atoms with Crippen molar-refractivity contribution in [2.75, 3.05) is 5.73 Å². The van der Waals surface area contributed by atoms with Gasteiger partial charge in [0.05, 0.1) is 0 Å². The van der Waals surface area contributed by atoms with Gasteiger partial charge in [-0.2, -0.15) is 0 Å². The van der Waals surface area contributed by atoms with Crippen LogP contribution in [0.2, 0.25) is 0 Å². The molecule has 2 N–H and O–H groups in total. The Balaban J connectivity index is 0.000000490. The maximum absolute atomic E-state index is 5.32. The van der Waals surface area contributed by atoms with Gasteiger partial charge in [-0.1, -0.05) is 0 Å². The van der Waals surface area contributed by atoms with Gasteiger partial charge in [-0.3, -0.25) is 4.98 Å². The van der Waals surface area contributed by atoms with Crippen molar-refractivity contribution in [2.24, 2.45) is 0 Å². The Hall–Kier alpha value is -0.320. The summed E-state index contributed by atoms with van der Waals surface area (Å²) in [5.41, 5.74) is 6.08. The quantitative estimate of drug-likeness (QED) is 0.671. The first-order chi connectivity index (χ1) is 3.39. The maximum Gasteiger partial charge on any atom is 0.0344 e. The summed E-state index contributed by atoms with van der Waals surface area (Å²) in [4.78, 5) is 3.77. The van der Waals surface area contributed by atoms with Crippen LogP contribution in [0.25, 0.3) is 0 Å². The minimum absolute atomic E-state index is 0. The van der Waals surface area contributed by atoms with Crippen LogP contribution < -0.4 is 5.73 Å². The van der Waals surface area contributed by atoms with Gasteiger partial charge in [-0.25, -0.2) is 0 Å². The van der Waals surface area contributed by atoms with E-state index < -0.39 is 0 Å². The second kappa shape index (κ2) is 3.65. The van der Waals surface area contributed by atoms with Crippen LogP contribution in [-0.4, -0.2) is 4.98 Å². The smallest absolute Gasteiger partial charge is 0.0344 e. The fourth-order valence-electron chi connectivity index (χ4n) is 0.363. The monoisotopic (exact) mass is 222 g/mol. The Morgan fingerprint density at radius 1 is 1.25 bits per heavy atom. The number of pyridine rings is 1. The molecule has 0 aliphatic heterocycles. The third-order valence-corrected chi connectivity index (χ3v) is 0.706. The van der Waals surface area contributed by atoms with Crippen molar-refractivity contribution in [3.8, 4) is 0 Å². The molecule has 0 saturated carbocycles. The van der Waals surface area contributed by atoms with Gasteiger partial charge in [0.1, 0.15) is 0 Å². The first-order valence-electron chi connectivity index (χ1n) is 2.05. The van der Waals surface area contributed by atoms with E-state index >= 15 is 0 Å². The minimum atomic E-state index is 0. The van der Waals surface area contributed by atoms with E-state index in [0.717, 1.165) is 5.69 Å². The summed E-state index contributed by atoms with van der Waals surface area (Å²) in [6, 6.07) is 3.50. The Morgan fingerprint density at radius 2 is 1.75 bits per heavy atom. The number of hydrogen-bond acceptors (Lipinski definition) is 2. The first-order valence-corrected chi connectivity index (χ1v) is 2.05. The highest BCUT2D eigenvalue weighted by atomic mass is 127. The molecule has 0 aliphatic carbocycles. The topological polar surface area (TPSA) is 38.9 Å².